The first-order valence-electron chi connectivity index (χ1n) is 8.74. The van der Waals surface area contributed by atoms with E-state index in [0.29, 0.717) is 5.71 Å². The third kappa shape index (κ3) is 4.07. The molecule has 0 amide bonds. The van der Waals surface area contributed by atoms with Crippen LogP contribution in [0.3, 0.4) is 0 Å². The van der Waals surface area contributed by atoms with Crippen LogP contribution in [0.15, 0.2) is 35.4 Å². The topological polar surface area (TPSA) is 68.2 Å². The van der Waals surface area contributed by atoms with Crippen molar-refractivity contribution in [3.05, 3.63) is 30.3 Å². The molecule has 1 aliphatic carbocycles. The van der Waals surface area contributed by atoms with Gasteiger partial charge in [0.25, 0.3) is 0 Å². The first kappa shape index (κ1) is 17.6. The Morgan fingerprint density at radius 2 is 1.72 bits per heavy atom. The molecule has 0 saturated heterocycles. The van der Waals surface area contributed by atoms with Crippen molar-refractivity contribution in [3.63, 3.8) is 0 Å². The van der Waals surface area contributed by atoms with Crippen LogP contribution in [0.5, 0.6) is 0 Å². The number of esters is 1. The van der Waals surface area contributed by atoms with E-state index in [1.165, 1.54) is 6.92 Å². The number of carbonyl (C=O) groups is 2. The number of anilines is 1. The minimum absolute atomic E-state index is 0.0176. The molecule has 0 bridgehead atoms. The van der Waals surface area contributed by atoms with Crippen molar-refractivity contribution >= 4 is 23.2 Å². The van der Waals surface area contributed by atoms with E-state index in [9.17, 15) is 9.59 Å². The van der Waals surface area contributed by atoms with Crippen LogP contribution in [0.2, 0.25) is 0 Å². The number of Topliss-reactive ketones (excluding diaryl/α,β-unsaturated/α-hetero) is 1. The minimum Gasteiger partial charge on any atom is -0.458 e. The lowest BCUT2D eigenvalue weighted by molar-refractivity contribution is -0.143. The Morgan fingerprint density at radius 3 is 2.32 bits per heavy atom. The molecule has 0 aromatic heterocycles. The molecule has 0 N–H and O–H groups in total. The smallest absolute Gasteiger partial charge is 0.354 e. The first-order chi connectivity index (χ1) is 12.1. The third-order valence-electron chi connectivity index (χ3n) is 4.86. The average molecular weight is 344 g/mol. The average Bonchev–Trinajstić information content (AvgIpc) is 3.09. The molecule has 1 aromatic rings. The molecule has 1 aliphatic heterocycles. The van der Waals surface area contributed by atoms with Crippen LogP contribution in [-0.4, -0.2) is 42.8 Å². The number of methoxy groups -OCH3 is 1. The van der Waals surface area contributed by atoms with E-state index in [1.807, 2.05) is 30.3 Å². The highest BCUT2D eigenvalue weighted by Gasteiger charge is 2.36. The van der Waals surface area contributed by atoms with Gasteiger partial charge in [0.15, 0.2) is 5.78 Å². The number of hydrazone groups is 1. The van der Waals surface area contributed by atoms with Gasteiger partial charge >= 0.3 is 5.97 Å². The van der Waals surface area contributed by atoms with E-state index >= 15 is 0 Å². The molecule has 1 fully saturated rings. The zero-order chi connectivity index (χ0) is 17.8. The molecular weight excluding hydrogens is 320 g/mol. The van der Waals surface area contributed by atoms with Crippen molar-refractivity contribution in [1.29, 1.82) is 0 Å². The number of nitrogens with zero attached hydrogens (tertiary/aromatic N) is 2. The van der Waals surface area contributed by atoms with Gasteiger partial charge in [-0.25, -0.2) is 4.79 Å². The Balaban J connectivity index is 1.67. The summed E-state index contributed by atoms with van der Waals surface area (Å²) in [6.45, 7) is 1.52. The van der Waals surface area contributed by atoms with Crippen molar-refractivity contribution in [2.24, 2.45) is 5.10 Å². The molecule has 0 radical (unpaired) electrons. The Labute approximate surface area is 147 Å². The number of hydrogen-bond donors (Lipinski definition) is 0. The molecule has 1 saturated carbocycles. The van der Waals surface area contributed by atoms with Crippen molar-refractivity contribution in [2.45, 2.75) is 57.3 Å². The molecule has 134 valence electrons. The van der Waals surface area contributed by atoms with Crippen molar-refractivity contribution < 1.29 is 19.1 Å². The maximum atomic E-state index is 12.5. The molecule has 1 heterocycles. The van der Waals surface area contributed by atoms with Crippen LogP contribution in [0.4, 0.5) is 5.69 Å². The fourth-order valence-electron chi connectivity index (χ4n) is 3.37. The van der Waals surface area contributed by atoms with Crippen LogP contribution < -0.4 is 5.01 Å². The zero-order valence-electron chi connectivity index (χ0n) is 14.7. The van der Waals surface area contributed by atoms with Crippen LogP contribution in [0.1, 0.15) is 39.0 Å². The molecule has 2 aliphatic rings. The van der Waals surface area contributed by atoms with Gasteiger partial charge in [-0.3, -0.25) is 9.80 Å². The van der Waals surface area contributed by atoms with Crippen LogP contribution >= 0.6 is 0 Å². The van der Waals surface area contributed by atoms with Crippen LogP contribution in [0.25, 0.3) is 0 Å². The first-order valence-corrected chi connectivity index (χ1v) is 8.74. The lowest BCUT2D eigenvalue weighted by atomic mass is 9.95. The van der Waals surface area contributed by atoms with Gasteiger partial charge in [0.1, 0.15) is 17.9 Å². The maximum Gasteiger partial charge on any atom is 0.354 e. The monoisotopic (exact) mass is 344 g/mol. The largest absolute Gasteiger partial charge is 0.458 e. The Bertz CT molecular complexity index is 651. The van der Waals surface area contributed by atoms with E-state index in [2.05, 4.69) is 5.10 Å². The van der Waals surface area contributed by atoms with Crippen molar-refractivity contribution in [3.8, 4) is 0 Å². The highest BCUT2D eigenvalue weighted by Crippen LogP contribution is 2.27. The van der Waals surface area contributed by atoms with Crippen LogP contribution in [-0.2, 0) is 19.1 Å². The van der Waals surface area contributed by atoms with E-state index < -0.39 is 12.0 Å². The third-order valence-corrected chi connectivity index (χ3v) is 4.86. The van der Waals surface area contributed by atoms with Crippen molar-refractivity contribution in [1.82, 2.24) is 0 Å². The fourth-order valence-corrected chi connectivity index (χ4v) is 3.37. The number of benzene rings is 1. The second-order valence-corrected chi connectivity index (χ2v) is 6.60. The number of hydrogen-bond acceptors (Lipinski definition) is 6. The fraction of sp³-hybridized carbons (Fsp3) is 0.526. The summed E-state index contributed by atoms with van der Waals surface area (Å²) >= 11 is 0. The number of rotatable bonds is 5. The summed E-state index contributed by atoms with van der Waals surface area (Å²) in [7, 11) is 1.71. The number of ether oxygens (including phenoxy) is 2. The highest BCUT2D eigenvalue weighted by molar-refractivity contribution is 6.38. The standard InChI is InChI=1S/C19H24N2O4/c1-13(22)18-12-17(20-21(18)14-6-4-3-5-7-14)19(23)25-16-10-8-15(24-2)9-11-16/h3-7,15-16,18H,8-12H2,1-2H3/t15?,16?,18-/m1/s1. The highest BCUT2D eigenvalue weighted by atomic mass is 16.5. The summed E-state index contributed by atoms with van der Waals surface area (Å²) in [6.07, 6.45) is 3.85. The van der Waals surface area contributed by atoms with Gasteiger partial charge in [-0.1, -0.05) is 18.2 Å². The molecular formula is C19H24N2O4. The normalized spacial score (nSPS) is 26.2. The summed E-state index contributed by atoms with van der Waals surface area (Å²) in [6, 6.07) is 8.96. The van der Waals surface area contributed by atoms with Gasteiger partial charge < -0.3 is 9.47 Å². The van der Waals surface area contributed by atoms with Gasteiger partial charge in [0.05, 0.1) is 11.8 Å². The Hall–Kier alpha value is -2.21. The zero-order valence-corrected chi connectivity index (χ0v) is 14.7. The quantitative estimate of drug-likeness (QED) is 0.768. The molecule has 1 aromatic carbocycles. The SMILES string of the molecule is COC1CCC(OC(=O)C2=NN(c3ccccc3)[C@@H](C(C)=O)C2)CC1. The molecule has 0 unspecified atom stereocenters. The van der Waals surface area contributed by atoms with E-state index in [-0.39, 0.29) is 24.4 Å². The molecule has 25 heavy (non-hydrogen) atoms. The maximum absolute atomic E-state index is 12.5. The Morgan fingerprint density at radius 1 is 1.08 bits per heavy atom. The number of para-hydroxylation sites is 1. The summed E-state index contributed by atoms with van der Waals surface area (Å²) in [5, 5.41) is 6.01. The van der Waals surface area contributed by atoms with Gasteiger partial charge in [0, 0.05) is 13.5 Å². The second kappa shape index (κ2) is 7.78. The summed E-state index contributed by atoms with van der Waals surface area (Å²) < 4.78 is 11.0. The van der Waals surface area contributed by atoms with Gasteiger partial charge in [-0.2, -0.15) is 5.10 Å². The van der Waals surface area contributed by atoms with Gasteiger partial charge in [0.2, 0.25) is 0 Å². The van der Waals surface area contributed by atoms with E-state index in [4.69, 9.17) is 9.47 Å². The number of carbonyl (C=O) groups excluding carboxylic acids is 2. The van der Waals surface area contributed by atoms with E-state index in [1.54, 1.807) is 12.1 Å². The molecule has 1 atom stereocenters. The van der Waals surface area contributed by atoms with Gasteiger partial charge in [-0.05, 0) is 44.7 Å². The molecule has 6 heteroatoms. The molecule has 3 rings (SSSR count). The predicted octanol–water partition coefficient (Wildman–Crippen LogP) is 2.71. The van der Waals surface area contributed by atoms with Crippen LogP contribution in [0, 0.1) is 0 Å². The molecule has 0 spiro atoms. The summed E-state index contributed by atoms with van der Waals surface area (Å²) in [5.74, 6) is -0.429. The Kier molecular flexibility index (Phi) is 5.48. The number of ketones is 1. The summed E-state index contributed by atoms with van der Waals surface area (Å²) in [5.41, 5.74) is 1.11. The summed E-state index contributed by atoms with van der Waals surface area (Å²) in [4.78, 5) is 24.5. The second-order valence-electron chi connectivity index (χ2n) is 6.60. The van der Waals surface area contributed by atoms with E-state index in [0.717, 1.165) is 31.4 Å². The minimum atomic E-state index is -0.450. The predicted molar refractivity (Wildman–Crippen MR) is 94.6 cm³/mol. The van der Waals surface area contributed by atoms with Gasteiger partial charge in [-0.15, -0.1) is 0 Å². The van der Waals surface area contributed by atoms with Crippen molar-refractivity contribution in [2.75, 3.05) is 12.1 Å². The molecule has 6 nitrogen and oxygen atoms in total. The lowest BCUT2D eigenvalue weighted by Crippen LogP contribution is -2.33. The lowest BCUT2D eigenvalue weighted by Gasteiger charge is -2.27.